The molecule has 3 aromatic heterocycles. The summed E-state index contributed by atoms with van der Waals surface area (Å²) in [5, 5.41) is 5.20. The fraction of sp³-hybridized carbons (Fsp3) is 0.103. The largest absolute Gasteiger partial charge is 0.453 e. The van der Waals surface area contributed by atoms with Gasteiger partial charge in [-0.2, -0.15) is 0 Å². The Morgan fingerprint density at radius 3 is 2.45 bits per heavy atom. The van der Waals surface area contributed by atoms with E-state index in [9.17, 15) is 23.2 Å². The average Bonchev–Trinajstić information content (AvgIpc) is 3.32. The third-order valence-corrected chi connectivity index (χ3v) is 6.04. The Morgan fingerprint density at radius 2 is 1.73 bits per heavy atom. The molecule has 0 aliphatic rings. The first-order valence-corrected chi connectivity index (χ1v) is 12.3. The number of hydrogen-bond acceptors (Lipinski definition) is 5. The molecule has 5 rings (SSSR count). The molecule has 3 heterocycles. The lowest BCUT2D eigenvalue weighted by molar-refractivity contribution is -0.115. The van der Waals surface area contributed by atoms with Crippen LogP contribution >= 0.6 is 0 Å². The Kier molecular flexibility index (Phi) is 7.11. The number of anilines is 2. The first-order valence-electron chi connectivity index (χ1n) is 12.3. The van der Waals surface area contributed by atoms with Crippen LogP contribution in [0.5, 0.6) is 11.5 Å². The number of nitrogens with zero attached hydrogens (tertiary/aromatic N) is 3. The van der Waals surface area contributed by atoms with E-state index in [0.717, 1.165) is 6.07 Å². The second kappa shape index (κ2) is 10.8. The van der Waals surface area contributed by atoms with Crippen molar-refractivity contribution in [1.82, 2.24) is 14.0 Å². The maximum Gasteiger partial charge on any atom is 0.268 e. The summed E-state index contributed by atoms with van der Waals surface area (Å²) in [6, 6.07) is 15.4. The van der Waals surface area contributed by atoms with Crippen molar-refractivity contribution in [1.29, 1.82) is 0 Å². The molecule has 0 unspecified atom stereocenters. The summed E-state index contributed by atoms with van der Waals surface area (Å²) in [5.74, 6) is -1.49. The van der Waals surface area contributed by atoms with Gasteiger partial charge in [0.1, 0.15) is 22.8 Å². The molecule has 0 spiro atoms. The van der Waals surface area contributed by atoms with Gasteiger partial charge in [-0.05, 0) is 67.6 Å². The molecule has 11 heteroatoms. The Balaban J connectivity index is 1.32. The van der Waals surface area contributed by atoms with Gasteiger partial charge in [0.2, 0.25) is 5.91 Å². The highest BCUT2D eigenvalue weighted by molar-refractivity contribution is 6.04. The second-order valence-corrected chi connectivity index (χ2v) is 8.86. The number of fused-ring (bicyclic) bond motifs is 1. The van der Waals surface area contributed by atoms with E-state index in [1.807, 2.05) is 0 Å². The standard InChI is InChI=1S/C29H23F2N5O4/c1-3-27(37)34-25-16-35-15-21(10-13-26(35)33-25)40-24-12-7-19(14-23(24)31)32-28(38)22-11-4-17(2)36(29(22)39)20-8-5-18(30)6-9-20/h4-16H,3H2,1-2H3,(H,32,38)(H,34,37). The highest BCUT2D eigenvalue weighted by Gasteiger charge is 2.17. The fourth-order valence-electron chi connectivity index (χ4n) is 4.02. The molecule has 0 saturated heterocycles. The van der Waals surface area contributed by atoms with Crippen molar-refractivity contribution in [3.8, 4) is 17.2 Å². The van der Waals surface area contributed by atoms with Gasteiger partial charge in [0.05, 0.1) is 12.4 Å². The van der Waals surface area contributed by atoms with Gasteiger partial charge in [-0.3, -0.25) is 19.0 Å². The fourth-order valence-corrected chi connectivity index (χ4v) is 4.02. The van der Waals surface area contributed by atoms with Gasteiger partial charge >= 0.3 is 0 Å². The first-order chi connectivity index (χ1) is 19.2. The van der Waals surface area contributed by atoms with Gasteiger partial charge < -0.3 is 19.8 Å². The van der Waals surface area contributed by atoms with Gasteiger partial charge in [-0.15, -0.1) is 0 Å². The number of ether oxygens (including phenoxy) is 1. The van der Waals surface area contributed by atoms with Crippen LogP contribution in [0.15, 0.2) is 83.9 Å². The summed E-state index contributed by atoms with van der Waals surface area (Å²) in [7, 11) is 0. The molecule has 0 aliphatic carbocycles. The molecule has 9 nitrogen and oxygen atoms in total. The van der Waals surface area contributed by atoms with Crippen LogP contribution in [0.2, 0.25) is 0 Å². The third-order valence-electron chi connectivity index (χ3n) is 6.04. The number of aryl methyl sites for hydroxylation is 1. The van der Waals surface area contributed by atoms with Gasteiger partial charge in [0.25, 0.3) is 11.5 Å². The van der Waals surface area contributed by atoms with Crippen LogP contribution in [-0.2, 0) is 4.79 Å². The minimum atomic E-state index is -0.743. The minimum absolute atomic E-state index is 0.0917. The second-order valence-electron chi connectivity index (χ2n) is 8.86. The van der Waals surface area contributed by atoms with Gasteiger partial charge in [0, 0.05) is 29.6 Å². The van der Waals surface area contributed by atoms with Gasteiger partial charge in [-0.25, -0.2) is 13.8 Å². The first kappa shape index (κ1) is 26.3. The maximum atomic E-state index is 14.9. The van der Waals surface area contributed by atoms with Crippen LogP contribution in [0.25, 0.3) is 11.3 Å². The molecule has 0 bridgehead atoms. The number of carbonyl (C=O) groups is 2. The number of pyridine rings is 2. The molecule has 2 aromatic carbocycles. The minimum Gasteiger partial charge on any atom is -0.453 e. The van der Waals surface area contributed by atoms with Crippen molar-refractivity contribution in [2.24, 2.45) is 0 Å². The number of aromatic nitrogens is 3. The molecule has 0 saturated carbocycles. The van der Waals surface area contributed by atoms with Crippen LogP contribution < -0.4 is 20.9 Å². The molecular formula is C29H23F2N5O4. The van der Waals surface area contributed by atoms with E-state index < -0.39 is 23.1 Å². The summed E-state index contributed by atoms with van der Waals surface area (Å²) in [6.07, 6.45) is 3.51. The normalized spacial score (nSPS) is 10.9. The summed E-state index contributed by atoms with van der Waals surface area (Å²) >= 11 is 0. The van der Waals surface area contributed by atoms with Crippen LogP contribution in [-0.4, -0.2) is 25.8 Å². The van der Waals surface area contributed by atoms with Gasteiger partial charge in [-0.1, -0.05) is 6.92 Å². The predicted molar refractivity (Wildman–Crippen MR) is 145 cm³/mol. The van der Waals surface area contributed by atoms with Crippen molar-refractivity contribution < 1.29 is 23.1 Å². The van der Waals surface area contributed by atoms with Crippen molar-refractivity contribution in [2.75, 3.05) is 10.6 Å². The lowest BCUT2D eigenvalue weighted by Crippen LogP contribution is -2.29. The maximum absolute atomic E-state index is 14.9. The molecule has 0 fully saturated rings. The zero-order valence-corrected chi connectivity index (χ0v) is 21.4. The molecular weight excluding hydrogens is 520 g/mol. The number of rotatable bonds is 7. The summed E-state index contributed by atoms with van der Waals surface area (Å²) < 4.78 is 36.8. The lowest BCUT2D eigenvalue weighted by Gasteiger charge is -2.13. The molecule has 40 heavy (non-hydrogen) atoms. The smallest absolute Gasteiger partial charge is 0.268 e. The molecule has 0 aliphatic heterocycles. The number of carbonyl (C=O) groups excluding carboxylic acids is 2. The Hall–Kier alpha value is -5.32. The molecule has 2 N–H and O–H groups in total. The van der Waals surface area contributed by atoms with E-state index >= 15 is 0 Å². The van der Waals surface area contributed by atoms with Gasteiger partial charge in [0.15, 0.2) is 17.4 Å². The third kappa shape index (κ3) is 5.44. The van der Waals surface area contributed by atoms with Crippen molar-refractivity contribution in [3.05, 3.63) is 112 Å². The van der Waals surface area contributed by atoms with E-state index in [2.05, 4.69) is 15.6 Å². The van der Waals surface area contributed by atoms with E-state index in [1.54, 1.807) is 48.8 Å². The van der Waals surface area contributed by atoms with Crippen LogP contribution in [0, 0.1) is 18.6 Å². The molecule has 0 atom stereocenters. The Labute approximate surface area is 226 Å². The van der Waals surface area contributed by atoms with Crippen molar-refractivity contribution >= 4 is 29.0 Å². The van der Waals surface area contributed by atoms with Crippen LogP contribution in [0.3, 0.4) is 0 Å². The quantitative estimate of drug-likeness (QED) is 0.283. The average molecular weight is 544 g/mol. The van der Waals surface area contributed by atoms with E-state index in [1.165, 1.54) is 47.0 Å². The zero-order chi connectivity index (χ0) is 28.4. The zero-order valence-electron chi connectivity index (χ0n) is 21.4. The molecule has 5 aromatic rings. The SMILES string of the molecule is CCC(=O)Nc1cn2cc(Oc3ccc(NC(=O)c4ccc(C)n(-c5ccc(F)cc5)c4=O)cc3F)ccc2n1. The van der Waals surface area contributed by atoms with Crippen molar-refractivity contribution in [2.45, 2.75) is 20.3 Å². The summed E-state index contributed by atoms with van der Waals surface area (Å²) in [6.45, 7) is 3.42. The number of imidazole rings is 1. The molecule has 2 amide bonds. The monoisotopic (exact) mass is 543 g/mol. The predicted octanol–water partition coefficient (Wildman–Crippen LogP) is 5.46. The summed E-state index contributed by atoms with van der Waals surface area (Å²) in [5.41, 5.74) is 0.866. The number of halogens is 2. The topological polar surface area (TPSA) is 107 Å². The van der Waals surface area contributed by atoms with Crippen LogP contribution in [0.1, 0.15) is 29.4 Å². The Bertz CT molecular complexity index is 1810. The highest BCUT2D eigenvalue weighted by Crippen LogP contribution is 2.27. The van der Waals surface area contributed by atoms with Crippen LogP contribution in [0.4, 0.5) is 20.3 Å². The molecule has 0 radical (unpaired) electrons. The molecule has 202 valence electrons. The lowest BCUT2D eigenvalue weighted by atomic mass is 10.2. The van der Waals surface area contributed by atoms with E-state index in [0.29, 0.717) is 35.0 Å². The Morgan fingerprint density at radius 1 is 0.950 bits per heavy atom. The number of benzene rings is 2. The number of nitrogens with one attached hydrogen (secondary N) is 2. The number of amides is 2. The van der Waals surface area contributed by atoms with E-state index in [4.69, 9.17) is 4.74 Å². The summed E-state index contributed by atoms with van der Waals surface area (Å²) in [4.78, 5) is 41.9. The van der Waals surface area contributed by atoms with Crippen molar-refractivity contribution in [3.63, 3.8) is 0 Å². The number of hydrogen-bond donors (Lipinski definition) is 2. The van der Waals surface area contributed by atoms with E-state index in [-0.39, 0.29) is 22.9 Å². The highest BCUT2D eigenvalue weighted by atomic mass is 19.1.